The van der Waals surface area contributed by atoms with E-state index in [1.807, 2.05) is 0 Å². The van der Waals surface area contributed by atoms with Gasteiger partial charge in [-0.25, -0.2) is 9.78 Å². The molecule has 0 saturated heterocycles. The molecule has 1 unspecified atom stereocenters. The maximum absolute atomic E-state index is 11.5. The van der Waals surface area contributed by atoms with Gasteiger partial charge < -0.3 is 15.0 Å². The Kier molecular flexibility index (Phi) is 3.79. The van der Waals surface area contributed by atoms with Gasteiger partial charge in [-0.15, -0.1) is 0 Å². The van der Waals surface area contributed by atoms with E-state index in [9.17, 15) is 4.79 Å². The van der Waals surface area contributed by atoms with Crippen LogP contribution < -0.4 is 5.73 Å². The van der Waals surface area contributed by atoms with Crippen molar-refractivity contribution >= 4 is 23.2 Å². The molecule has 1 aromatic heterocycles. The van der Waals surface area contributed by atoms with E-state index >= 15 is 0 Å². The third-order valence-electron chi connectivity index (χ3n) is 1.93. The molecule has 0 saturated carbocycles. The summed E-state index contributed by atoms with van der Waals surface area (Å²) in [7, 11) is 0. The van der Waals surface area contributed by atoms with Crippen LogP contribution in [0.5, 0.6) is 0 Å². The fraction of sp³-hybridized carbons (Fsp3) is 0.444. The maximum Gasteiger partial charge on any atom is 0.328 e. The van der Waals surface area contributed by atoms with E-state index in [0.29, 0.717) is 12.4 Å². The second kappa shape index (κ2) is 4.88. The number of ether oxygens (including phenoxy) is 1. The fourth-order valence-electron chi connectivity index (χ4n) is 1.19. The van der Waals surface area contributed by atoms with Gasteiger partial charge >= 0.3 is 5.97 Å². The van der Waals surface area contributed by atoms with E-state index in [1.165, 1.54) is 0 Å². The summed E-state index contributed by atoms with van der Waals surface area (Å²) in [4.78, 5) is 15.6. The van der Waals surface area contributed by atoms with Crippen LogP contribution in [0.15, 0.2) is 12.4 Å². The zero-order chi connectivity index (χ0) is 11.4. The standard InChI is InChI=1S/C9H13N3O2S/c1-3-14-9(13)6(2)12-5-4-11-8(12)7(10)15/h4-6H,3H2,1-2H3,(H2,10,15). The van der Waals surface area contributed by atoms with Crippen molar-refractivity contribution in [2.45, 2.75) is 19.9 Å². The number of esters is 1. The zero-order valence-corrected chi connectivity index (χ0v) is 9.45. The Morgan fingerprint density at radius 2 is 2.47 bits per heavy atom. The summed E-state index contributed by atoms with van der Waals surface area (Å²) >= 11 is 4.82. The number of thiocarbonyl (C=S) groups is 1. The molecule has 1 heterocycles. The van der Waals surface area contributed by atoms with Crippen LogP contribution in [0.1, 0.15) is 25.7 Å². The molecule has 6 heteroatoms. The van der Waals surface area contributed by atoms with E-state index in [-0.39, 0.29) is 11.0 Å². The second-order valence-corrected chi connectivity index (χ2v) is 3.39. The van der Waals surface area contributed by atoms with E-state index < -0.39 is 6.04 Å². The highest BCUT2D eigenvalue weighted by Gasteiger charge is 2.19. The minimum Gasteiger partial charge on any atom is -0.464 e. The van der Waals surface area contributed by atoms with Crippen molar-refractivity contribution in [1.82, 2.24) is 9.55 Å². The lowest BCUT2D eigenvalue weighted by atomic mass is 10.3. The number of carbonyl (C=O) groups excluding carboxylic acids is 1. The minimum atomic E-state index is -0.469. The predicted molar refractivity (Wildman–Crippen MR) is 59.5 cm³/mol. The van der Waals surface area contributed by atoms with Crippen molar-refractivity contribution in [3.8, 4) is 0 Å². The summed E-state index contributed by atoms with van der Waals surface area (Å²) in [6.45, 7) is 3.81. The molecule has 15 heavy (non-hydrogen) atoms. The third kappa shape index (κ3) is 2.53. The molecule has 2 N–H and O–H groups in total. The average Bonchev–Trinajstić information content (AvgIpc) is 2.65. The lowest BCUT2D eigenvalue weighted by Crippen LogP contribution is -2.24. The van der Waals surface area contributed by atoms with Gasteiger partial charge in [0.25, 0.3) is 0 Å². The van der Waals surface area contributed by atoms with E-state index in [2.05, 4.69) is 4.98 Å². The van der Waals surface area contributed by atoms with E-state index in [0.717, 1.165) is 0 Å². The number of nitrogens with two attached hydrogens (primary N) is 1. The molecule has 0 fully saturated rings. The van der Waals surface area contributed by atoms with Gasteiger partial charge in [-0.3, -0.25) is 0 Å². The summed E-state index contributed by atoms with van der Waals surface area (Å²) in [5.41, 5.74) is 5.47. The first-order chi connectivity index (χ1) is 7.07. The first-order valence-corrected chi connectivity index (χ1v) is 4.98. The number of rotatable bonds is 4. The van der Waals surface area contributed by atoms with E-state index in [4.69, 9.17) is 22.7 Å². The Labute approximate surface area is 93.2 Å². The van der Waals surface area contributed by atoms with Gasteiger partial charge in [0.1, 0.15) is 11.0 Å². The molecule has 0 aliphatic heterocycles. The number of nitrogens with zero attached hydrogens (tertiary/aromatic N) is 2. The molecule has 0 aliphatic carbocycles. The normalized spacial score (nSPS) is 12.1. The van der Waals surface area contributed by atoms with Crippen LogP contribution in [0.4, 0.5) is 0 Å². The molecule has 1 aromatic rings. The van der Waals surface area contributed by atoms with Crippen molar-refractivity contribution in [1.29, 1.82) is 0 Å². The highest BCUT2D eigenvalue weighted by molar-refractivity contribution is 7.80. The molecular formula is C9H13N3O2S. The SMILES string of the molecule is CCOC(=O)C(C)n1ccnc1C(N)=S. The number of hydrogen-bond acceptors (Lipinski definition) is 4. The fourth-order valence-corrected chi connectivity index (χ4v) is 1.35. The van der Waals surface area contributed by atoms with Crippen molar-refractivity contribution in [2.75, 3.05) is 6.61 Å². The molecule has 1 rings (SSSR count). The third-order valence-corrected chi connectivity index (χ3v) is 2.12. The molecule has 0 bridgehead atoms. The maximum atomic E-state index is 11.5. The van der Waals surface area contributed by atoms with Crippen LogP contribution in [0.3, 0.4) is 0 Å². The summed E-state index contributed by atoms with van der Waals surface area (Å²) in [6.07, 6.45) is 3.19. The largest absolute Gasteiger partial charge is 0.464 e. The number of imidazole rings is 1. The highest BCUT2D eigenvalue weighted by Crippen LogP contribution is 2.11. The smallest absolute Gasteiger partial charge is 0.328 e. The van der Waals surface area contributed by atoms with Crippen LogP contribution in [0, 0.1) is 0 Å². The average molecular weight is 227 g/mol. The first-order valence-electron chi connectivity index (χ1n) is 4.57. The first kappa shape index (κ1) is 11.6. The molecule has 0 spiro atoms. The van der Waals surface area contributed by atoms with Gasteiger partial charge in [-0.2, -0.15) is 0 Å². The van der Waals surface area contributed by atoms with Crippen molar-refractivity contribution in [2.24, 2.45) is 5.73 Å². The molecule has 5 nitrogen and oxygen atoms in total. The van der Waals surface area contributed by atoms with Crippen LogP contribution in [0.25, 0.3) is 0 Å². The van der Waals surface area contributed by atoms with E-state index in [1.54, 1.807) is 30.8 Å². The molecule has 82 valence electrons. The summed E-state index contributed by atoms with van der Waals surface area (Å²) in [5.74, 6) is 0.0959. The lowest BCUT2D eigenvalue weighted by Gasteiger charge is -2.14. The Bertz CT molecular complexity index is 375. The van der Waals surface area contributed by atoms with Gasteiger partial charge in [0, 0.05) is 12.4 Å². The Hall–Kier alpha value is -1.43. The predicted octanol–water partition coefficient (Wildman–Crippen LogP) is 0.641. The molecule has 0 radical (unpaired) electrons. The molecule has 0 aromatic carbocycles. The molecular weight excluding hydrogens is 214 g/mol. The van der Waals surface area contributed by atoms with Crippen LogP contribution >= 0.6 is 12.2 Å². The van der Waals surface area contributed by atoms with Crippen molar-refractivity contribution in [3.05, 3.63) is 18.2 Å². The van der Waals surface area contributed by atoms with Crippen LogP contribution in [-0.4, -0.2) is 27.1 Å². The van der Waals surface area contributed by atoms with Crippen LogP contribution in [-0.2, 0) is 9.53 Å². The number of hydrogen-bond donors (Lipinski definition) is 1. The molecule has 1 atom stereocenters. The van der Waals surface area contributed by atoms with Gasteiger partial charge in [0.2, 0.25) is 0 Å². The topological polar surface area (TPSA) is 70.1 Å². The molecule has 0 aliphatic rings. The number of carbonyl (C=O) groups is 1. The van der Waals surface area contributed by atoms with Crippen LogP contribution in [0.2, 0.25) is 0 Å². The van der Waals surface area contributed by atoms with Gasteiger partial charge in [0.05, 0.1) is 6.61 Å². The van der Waals surface area contributed by atoms with Gasteiger partial charge in [-0.1, -0.05) is 12.2 Å². The van der Waals surface area contributed by atoms with Gasteiger partial charge in [-0.05, 0) is 13.8 Å². The second-order valence-electron chi connectivity index (χ2n) is 2.95. The zero-order valence-electron chi connectivity index (χ0n) is 8.64. The monoisotopic (exact) mass is 227 g/mol. The van der Waals surface area contributed by atoms with Gasteiger partial charge in [0.15, 0.2) is 5.82 Å². The Balaban J connectivity index is 2.90. The molecule has 0 amide bonds. The summed E-state index contributed by atoms with van der Waals surface area (Å²) in [5, 5.41) is 0. The lowest BCUT2D eigenvalue weighted by molar-refractivity contribution is -0.146. The quantitative estimate of drug-likeness (QED) is 0.604. The Morgan fingerprint density at radius 3 is 3.00 bits per heavy atom. The minimum absolute atomic E-state index is 0.163. The number of aromatic nitrogens is 2. The van der Waals surface area contributed by atoms with Crippen molar-refractivity contribution < 1.29 is 9.53 Å². The van der Waals surface area contributed by atoms with Crippen molar-refractivity contribution in [3.63, 3.8) is 0 Å². The summed E-state index contributed by atoms with van der Waals surface area (Å²) in [6, 6.07) is -0.469. The summed E-state index contributed by atoms with van der Waals surface area (Å²) < 4.78 is 6.49. The Morgan fingerprint density at radius 1 is 1.80 bits per heavy atom. The highest BCUT2D eigenvalue weighted by atomic mass is 32.1.